The van der Waals surface area contributed by atoms with E-state index >= 15 is 0 Å². The lowest BCUT2D eigenvalue weighted by molar-refractivity contribution is 0.0776. The molecule has 29 heavy (non-hydrogen) atoms. The Hall–Kier alpha value is -3.00. The maximum Gasteiger partial charge on any atom is 0.272 e. The number of benzene rings is 2. The van der Waals surface area contributed by atoms with E-state index in [-0.39, 0.29) is 11.7 Å². The summed E-state index contributed by atoms with van der Waals surface area (Å²) in [6.45, 7) is 0.377. The highest BCUT2D eigenvalue weighted by Crippen LogP contribution is 2.28. The molecule has 0 aliphatic carbocycles. The lowest BCUT2D eigenvalue weighted by Gasteiger charge is -2.19. The second-order valence-electron chi connectivity index (χ2n) is 6.29. The summed E-state index contributed by atoms with van der Waals surface area (Å²) >= 11 is 1.41. The van der Waals surface area contributed by atoms with Crippen molar-refractivity contribution < 1.29 is 18.7 Å². The topological polar surface area (TPSA) is 56.6 Å². The fraction of sp³-hybridized carbons (Fsp3) is 0.238. The molecule has 1 aromatic heterocycles. The van der Waals surface area contributed by atoms with Crippen LogP contribution in [0.25, 0.3) is 5.69 Å². The molecule has 2 aromatic carbocycles. The number of hydrogen-bond donors (Lipinski definition) is 0. The van der Waals surface area contributed by atoms with Crippen LogP contribution >= 0.6 is 11.8 Å². The number of amides is 1. The third-order valence-corrected chi connectivity index (χ3v) is 5.08. The lowest BCUT2D eigenvalue weighted by Crippen LogP contribution is -2.28. The smallest absolute Gasteiger partial charge is 0.272 e. The molecule has 0 atom stereocenters. The van der Waals surface area contributed by atoms with Gasteiger partial charge in [-0.2, -0.15) is 0 Å². The monoisotopic (exact) mass is 415 g/mol. The van der Waals surface area contributed by atoms with Crippen molar-refractivity contribution in [2.24, 2.45) is 0 Å². The molecule has 0 radical (unpaired) electrons. The van der Waals surface area contributed by atoms with Gasteiger partial charge in [0.05, 0.1) is 20.4 Å². The number of imidazole rings is 1. The minimum absolute atomic E-state index is 0.197. The van der Waals surface area contributed by atoms with E-state index in [2.05, 4.69) is 4.98 Å². The van der Waals surface area contributed by atoms with Crippen molar-refractivity contribution >= 4 is 17.7 Å². The third-order valence-electron chi connectivity index (χ3n) is 4.43. The minimum Gasteiger partial charge on any atom is -0.493 e. The number of halogens is 1. The Bertz CT molecular complexity index is 1000. The van der Waals surface area contributed by atoms with Crippen LogP contribution in [0, 0.1) is 5.82 Å². The molecule has 0 fully saturated rings. The minimum atomic E-state index is -0.335. The van der Waals surface area contributed by atoms with E-state index in [1.165, 1.54) is 23.9 Å². The highest BCUT2D eigenvalue weighted by atomic mass is 32.2. The fourth-order valence-electron chi connectivity index (χ4n) is 2.99. The first-order chi connectivity index (χ1) is 14.0. The van der Waals surface area contributed by atoms with Crippen LogP contribution in [-0.2, 0) is 6.54 Å². The Morgan fingerprint density at radius 3 is 2.45 bits per heavy atom. The van der Waals surface area contributed by atoms with Gasteiger partial charge in [-0.3, -0.25) is 9.36 Å². The normalized spacial score (nSPS) is 10.7. The first kappa shape index (κ1) is 20.7. The van der Waals surface area contributed by atoms with Gasteiger partial charge < -0.3 is 14.4 Å². The van der Waals surface area contributed by atoms with Crippen molar-refractivity contribution in [3.63, 3.8) is 0 Å². The zero-order valence-corrected chi connectivity index (χ0v) is 17.5. The number of hydrogen-bond acceptors (Lipinski definition) is 5. The summed E-state index contributed by atoms with van der Waals surface area (Å²) in [7, 11) is 4.87. The van der Waals surface area contributed by atoms with E-state index in [1.54, 1.807) is 55.1 Å². The number of ether oxygens (including phenoxy) is 2. The van der Waals surface area contributed by atoms with Crippen molar-refractivity contribution in [3.05, 3.63) is 65.7 Å². The average molecular weight is 415 g/mol. The van der Waals surface area contributed by atoms with Gasteiger partial charge in [0.2, 0.25) is 0 Å². The van der Waals surface area contributed by atoms with Crippen LogP contribution in [-0.4, -0.2) is 47.9 Å². The van der Waals surface area contributed by atoms with E-state index in [1.807, 2.05) is 18.4 Å². The quantitative estimate of drug-likeness (QED) is 0.546. The number of nitrogens with zero attached hydrogens (tertiary/aromatic N) is 3. The first-order valence-corrected chi connectivity index (χ1v) is 10.0. The van der Waals surface area contributed by atoms with E-state index < -0.39 is 0 Å². The molecule has 0 N–H and O–H groups in total. The van der Waals surface area contributed by atoms with Gasteiger partial charge in [0.25, 0.3) is 5.91 Å². The number of rotatable bonds is 7. The first-order valence-electron chi connectivity index (χ1n) is 8.82. The van der Waals surface area contributed by atoms with Crippen LogP contribution < -0.4 is 9.47 Å². The molecule has 0 aliphatic rings. The van der Waals surface area contributed by atoms with Crippen molar-refractivity contribution in [1.29, 1.82) is 0 Å². The van der Waals surface area contributed by atoms with Crippen LogP contribution in [0.4, 0.5) is 4.39 Å². The fourth-order valence-corrected chi connectivity index (χ4v) is 3.53. The highest BCUT2D eigenvalue weighted by Gasteiger charge is 2.21. The van der Waals surface area contributed by atoms with Gasteiger partial charge in [-0.15, -0.1) is 0 Å². The van der Waals surface area contributed by atoms with Gasteiger partial charge in [0.1, 0.15) is 11.5 Å². The summed E-state index contributed by atoms with van der Waals surface area (Å²) in [6, 6.07) is 11.5. The largest absolute Gasteiger partial charge is 0.493 e. The summed E-state index contributed by atoms with van der Waals surface area (Å²) < 4.78 is 25.7. The molecule has 0 aliphatic heterocycles. The van der Waals surface area contributed by atoms with E-state index in [0.29, 0.717) is 34.6 Å². The van der Waals surface area contributed by atoms with Crippen LogP contribution in [0.1, 0.15) is 16.1 Å². The number of thioether (sulfide) groups is 1. The molecule has 0 unspecified atom stereocenters. The van der Waals surface area contributed by atoms with Crippen molar-refractivity contribution in [2.45, 2.75) is 11.7 Å². The molecule has 6 nitrogen and oxygen atoms in total. The number of aromatic nitrogens is 2. The number of carbonyl (C=O) groups is 1. The van der Waals surface area contributed by atoms with E-state index in [0.717, 1.165) is 5.56 Å². The molecule has 1 heterocycles. The SMILES string of the molecule is COc1ccc(CN(C)C(=O)c2cnc(SC)n2-c2ccc(F)cc2)cc1OC. The Morgan fingerprint density at radius 2 is 1.83 bits per heavy atom. The molecule has 0 saturated heterocycles. The molecule has 0 bridgehead atoms. The average Bonchev–Trinajstić information content (AvgIpc) is 3.17. The summed E-state index contributed by atoms with van der Waals surface area (Å²) in [5.41, 5.74) is 1.98. The van der Waals surface area contributed by atoms with Gasteiger partial charge in [-0.05, 0) is 48.2 Å². The molecular weight excluding hydrogens is 393 g/mol. The van der Waals surface area contributed by atoms with E-state index in [9.17, 15) is 9.18 Å². The summed E-state index contributed by atoms with van der Waals surface area (Å²) in [4.78, 5) is 19.1. The van der Waals surface area contributed by atoms with E-state index in [4.69, 9.17) is 9.47 Å². The molecule has 3 aromatic rings. The van der Waals surface area contributed by atoms with Crippen LogP contribution in [0.15, 0.2) is 53.8 Å². The predicted molar refractivity (Wildman–Crippen MR) is 111 cm³/mol. The van der Waals surface area contributed by atoms with Crippen LogP contribution in [0.3, 0.4) is 0 Å². The van der Waals surface area contributed by atoms with Crippen LogP contribution in [0.5, 0.6) is 11.5 Å². The van der Waals surface area contributed by atoms with Gasteiger partial charge in [-0.1, -0.05) is 17.8 Å². The molecule has 3 rings (SSSR count). The standard InChI is InChI=1S/C21H22FN3O3S/c1-24(13-14-5-10-18(27-2)19(11-14)28-3)20(26)17-12-23-21(29-4)25(17)16-8-6-15(22)7-9-16/h5-12H,13H2,1-4H3. The van der Waals surface area contributed by atoms with Crippen molar-refractivity contribution in [2.75, 3.05) is 27.5 Å². The predicted octanol–water partition coefficient (Wildman–Crippen LogP) is 4.02. The lowest BCUT2D eigenvalue weighted by atomic mass is 10.2. The molecule has 8 heteroatoms. The molecule has 0 spiro atoms. The molecule has 1 amide bonds. The number of carbonyl (C=O) groups excluding carboxylic acids is 1. The van der Waals surface area contributed by atoms with Crippen molar-refractivity contribution in [3.8, 4) is 17.2 Å². The van der Waals surface area contributed by atoms with Gasteiger partial charge in [0.15, 0.2) is 16.7 Å². The second kappa shape index (κ2) is 9.00. The maximum absolute atomic E-state index is 13.3. The Morgan fingerprint density at radius 1 is 1.14 bits per heavy atom. The summed E-state index contributed by atoms with van der Waals surface area (Å²) in [5, 5.41) is 0.652. The second-order valence-corrected chi connectivity index (χ2v) is 7.07. The zero-order valence-electron chi connectivity index (χ0n) is 16.7. The van der Waals surface area contributed by atoms with Gasteiger partial charge in [0, 0.05) is 19.3 Å². The maximum atomic E-state index is 13.3. The zero-order chi connectivity index (χ0) is 21.0. The van der Waals surface area contributed by atoms with Gasteiger partial charge >= 0.3 is 0 Å². The highest BCUT2D eigenvalue weighted by molar-refractivity contribution is 7.98. The Labute approximate surface area is 173 Å². The molecule has 152 valence electrons. The van der Waals surface area contributed by atoms with Crippen molar-refractivity contribution in [1.82, 2.24) is 14.5 Å². The summed E-state index contributed by atoms with van der Waals surface area (Å²) in [6.07, 6.45) is 3.42. The Balaban J connectivity index is 1.88. The Kier molecular flexibility index (Phi) is 6.43. The van der Waals surface area contributed by atoms with Gasteiger partial charge in [-0.25, -0.2) is 9.37 Å². The van der Waals surface area contributed by atoms with Crippen LogP contribution in [0.2, 0.25) is 0 Å². The summed E-state index contributed by atoms with van der Waals surface area (Å²) in [5.74, 6) is 0.700. The molecular formula is C21H22FN3O3S. The third kappa shape index (κ3) is 4.37. The molecule has 0 saturated carbocycles. The number of methoxy groups -OCH3 is 2.